The Morgan fingerprint density at radius 2 is 1.90 bits per heavy atom. The standard InChI is InChI=1S/C16H17NO4/c1-12-14(16(18)19)7-8-15(17-12)21-10-9-20-11-13-5-3-2-4-6-13/h2-8H,9-11H2,1H3,(H,18,19). The van der Waals surface area contributed by atoms with Gasteiger partial charge in [-0.25, -0.2) is 9.78 Å². The number of pyridine rings is 1. The van der Waals surface area contributed by atoms with Crippen molar-refractivity contribution in [2.24, 2.45) is 0 Å². The smallest absolute Gasteiger partial charge is 0.337 e. The van der Waals surface area contributed by atoms with Crippen LogP contribution in [0.3, 0.4) is 0 Å². The fourth-order valence-corrected chi connectivity index (χ4v) is 1.81. The molecule has 0 saturated heterocycles. The van der Waals surface area contributed by atoms with Gasteiger partial charge in [0.05, 0.1) is 24.5 Å². The molecule has 0 atom stereocenters. The fourth-order valence-electron chi connectivity index (χ4n) is 1.81. The topological polar surface area (TPSA) is 68.7 Å². The van der Waals surface area contributed by atoms with Crippen LogP contribution in [0, 0.1) is 6.92 Å². The average molecular weight is 287 g/mol. The molecular weight excluding hydrogens is 270 g/mol. The zero-order valence-corrected chi connectivity index (χ0v) is 11.8. The van der Waals surface area contributed by atoms with Gasteiger partial charge in [-0.2, -0.15) is 0 Å². The number of ether oxygens (including phenoxy) is 2. The molecule has 1 heterocycles. The van der Waals surface area contributed by atoms with Crippen LogP contribution in [0.2, 0.25) is 0 Å². The highest BCUT2D eigenvalue weighted by Crippen LogP contribution is 2.12. The molecule has 0 unspecified atom stereocenters. The molecule has 5 nitrogen and oxygen atoms in total. The van der Waals surface area contributed by atoms with Gasteiger partial charge in [-0.05, 0) is 18.6 Å². The summed E-state index contributed by atoms with van der Waals surface area (Å²) in [7, 11) is 0. The van der Waals surface area contributed by atoms with Crippen molar-refractivity contribution in [3.05, 3.63) is 59.3 Å². The third-order valence-corrected chi connectivity index (χ3v) is 2.88. The maximum Gasteiger partial charge on any atom is 0.337 e. The lowest BCUT2D eigenvalue weighted by Gasteiger charge is -2.08. The molecule has 1 N–H and O–H groups in total. The molecule has 0 bridgehead atoms. The molecular formula is C16H17NO4. The molecule has 21 heavy (non-hydrogen) atoms. The lowest BCUT2D eigenvalue weighted by atomic mass is 10.2. The predicted octanol–water partition coefficient (Wildman–Crippen LogP) is 2.68. The molecule has 110 valence electrons. The Hall–Kier alpha value is -2.40. The van der Waals surface area contributed by atoms with Gasteiger partial charge in [-0.1, -0.05) is 30.3 Å². The molecule has 0 saturated carbocycles. The molecule has 0 radical (unpaired) electrons. The molecule has 0 aliphatic rings. The lowest BCUT2D eigenvalue weighted by molar-refractivity contribution is 0.0695. The maximum atomic E-state index is 10.9. The molecule has 0 amide bonds. The van der Waals surface area contributed by atoms with Crippen LogP contribution in [0.1, 0.15) is 21.6 Å². The Morgan fingerprint density at radius 1 is 1.14 bits per heavy atom. The van der Waals surface area contributed by atoms with E-state index in [1.54, 1.807) is 13.0 Å². The first-order chi connectivity index (χ1) is 10.2. The van der Waals surface area contributed by atoms with Crippen molar-refractivity contribution in [1.82, 2.24) is 4.98 Å². The van der Waals surface area contributed by atoms with Crippen molar-refractivity contribution in [3.8, 4) is 5.88 Å². The van der Waals surface area contributed by atoms with Crippen LogP contribution in [0.4, 0.5) is 0 Å². The summed E-state index contributed by atoms with van der Waals surface area (Å²) in [6.45, 7) is 2.98. The Bertz CT molecular complexity index is 598. The second-order valence-electron chi connectivity index (χ2n) is 4.47. The van der Waals surface area contributed by atoms with E-state index in [1.807, 2.05) is 30.3 Å². The van der Waals surface area contributed by atoms with E-state index in [0.29, 0.717) is 31.4 Å². The van der Waals surface area contributed by atoms with Crippen LogP contribution >= 0.6 is 0 Å². The van der Waals surface area contributed by atoms with E-state index >= 15 is 0 Å². The molecule has 2 rings (SSSR count). The average Bonchev–Trinajstić information content (AvgIpc) is 2.47. The molecule has 1 aromatic heterocycles. The normalized spacial score (nSPS) is 10.3. The molecule has 0 spiro atoms. The minimum atomic E-state index is -0.988. The predicted molar refractivity (Wildman–Crippen MR) is 77.5 cm³/mol. The number of aromatic carboxylic acids is 1. The number of nitrogens with zero attached hydrogens (tertiary/aromatic N) is 1. The number of carboxylic acids is 1. The Morgan fingerprint density at radius 3 is 2.57 bits per heavy atom. The van der Waals surface area contributed by atoms with Gasteiger partial charge < -0.3 is 14.6 Å². The zero-order chi connectivity index (χ0) is 15.1. The summed E-state index contributed by atoms with van der Waals surface area (Å²) in [6.07, 6.45) is 0. The summed E-state index contributed by atoms with van der Waals surface area (Å²) in [5.74, 6) is -0.585. The summed E-state index contributed by atoms with van der Waals surface area (Å²) >= 11 is 0. The van der Waals surface area contributed by atoms with Crippen LogP contribution in [-0.2, 0) is 11.3 Å². The van der Waals surface area contributed by atoms with Gasteiger partial charge >= 0.3 is 5.97 Å². The second-order valence-corrected chi connectivity index (χ2v) is 4.47. The first kappa shape index (κ1) is 15.0. The van der Waals surface area contributed by atoms with Gasteiger partial charge in [0.2, 0.25) is 5.88 Å². The number of aromatic nitrogens is 1. The van der Waals surface area contributed by atoms with E-state index in [9.17, 15) is 4.79 Å². The van der Waals surface area contributed by atoms with Crippen molar-refractivity contribution in [2.45, 2.75) is 13.5 Å². The number of carbonyl (C=O) groups is 1. The Kier molecular flexibility index (Phi) is 5.29. The minimum Gasteiger partial charge on any atom is -0.478 e. The van der Waals surface area contributed by atoms with E-state index in [4.69, 9.17) is 14.6 Å². The molecule has 0 fully saturated rings. The van der Waals surface area contributed by atoms with Gasteiger partial charge in [-0.15, -0.1) is 0 Å². The minimum absolute atomic E-state index is 0.183. The van der Waals surface area contributed by atoms with Gasteiger partial charge in [0, 0.05) is 6.07 Å². The van der Waals surface area contributed by atoms with E-state index in [0.717, 1.165) is 5.56 Å². The van der Waals surface area contributed by atoms with Crippen molar-refractivity contribution >= 4 is 5.97 Å². The van der Waals surface area contributed by atoms with E-state index in [-0.39, 0.29) is 5.56 Å². The van der Waals surface area contributed by atoms with Crippen molar-refractivity contribution < 1.29 is 19.4 Å². The molecule has 0 aliphatic heterocycles. The number of rotatable bonds is 7. The third-order valence-electron chi connectivity index (χ3n) is 2.88. The number of hydrogen-bond acceptors (Lipinski definition) is 4. The highest BCUT2D eigenvalue weighted by molar-refractivity contribution is 5.88. The number of benzene rings is 1. The van der Waals surface area contributed by atoms with Crippen LogP contribution in [0.15, 0.2) is 42.5 Å². The SMILES string of the molecule is Cc1nc(OCCOCc2ccccc2)ccc1C(=O)O. The summed E-state index contributed by atoms with van der Waals surface area (Å²) < 4.78 is 10.9. The molecule has 0 aliphatic carbocycles. The molecule has 1 aromatic carbocycles. The van der Waals surface area contributed by atoms with Crippen LogP contribution in [-0.4, -0.2) is 29.3 Å². The highest BCUT2D eigenvalue weighted by atomic mass is 16.5. The van der Waals surface area contributed by atoms with Gasteiger partial charge in [0.1, 0.15) is 6.61 Å². The Labute approximate surface area is 123 Å². The van der Waals surface area contributed by atoms with Crippen molar-refractivity contribution in [3.63, 3.8) is 0 Å². The number of aryl methyl sites for hydroxylation is 1. The third kappa shape index (κ3) is 4.57. The summed E-state index contributed by atoms with van der Waals surface area (Å²) in [6, 6.07) is 12.9. The molecule has 5 heteroatoms. The van der Waals surface area contributed by atoms with Gasteiger partial charge in [-0.3, -0.25) is 0 Å². The maximum absolute atomic E-state index is 10.9. The number of hydrogen-bond donors (Lipinski definition) is 1. The van der Waals surface area contributed by atoms with Crippen LogP contribution in [0.25, 0.3) is 0 Å². The van der Waals surface area contributed by atoms with Crippen molar-refractivity contribution in [1.29, 1.82) is 0 Å². The van der Waals surface area contributed by atoms with Crippen molar-refractivity contribution in [2.75, 3.05) is 13.2 Å². The summed E-state index contributed by atoms with van der Waals surface area (Å²) in [5.41, 5.74) is 1.73. The first-order valence-electron chi connectivity index (χ1n) is 6.62. The number of carboxylic acid groups (broad SMARTS) is 1. The van der Waals surface area contributed by atoms with Gasteiger partial charge in [0.15, 0.2) is 0 Å². The monoisotopic (exact) mass is 287 g/mol. The quantitative estimate of drug-likeness (QED) is 0.793. The van der Waals surface area contributed by atoms with Gasteiger partial charge in [0.25, 0.3) is 0 Å². The first-order valence-corrected chi connectivity index (χ1v) is 6.62. The highest BCUT2D eigenvalue weighted by Gasteiger charge is 2.08. The summed E-state index contributed by atoms with van der Waals surface area (Å²) in [4.78, 5) is 15.0. The van der Waals surface area contributed by atoms with E-state index in [2.05, 4.69) is 4.98 Å². The zero-order valence-electron chi connectivity index (χ0n) is 11.8. The van der Waals surface area contributed by atoms with Crippen LogP contribution < -0.4 is 4.74 Å². The lowest BCUT2D eigenvalue weighted by Crippen LogP contribution is -2.09. The second kappa shape index (κ2) is 7.40. The van der Waals surface area contributed by atoms with E-state index < -0.39 is 5.97 Å². The Balaban J connectivity index is 1.74. The fraction of sp³-hybridized carbons (Fsp3) is 0.250. The van der Waals surface area contributed by atoms with E-state index in [1.165, 1.54) is 6.07 Å². The summed E-state index contributed by atoms with van der Waals surface area (Å²) in [5, 5.41) is 8.91. The van der Waals surface area contributed by atoms with Crippen LogP contribution in [0.5, 0.6) is 5.88 Å². The molecule has 2 aromatic rings. The largest absolute Gasteiger partial charge is 0.478 e.